The molecule has 0 unspecified atom stereocenters. The van der Waals surface area contributed by atoms with E-state index in [1.54, 1.807) is 0 Å². The predicted octanol–water partition coefficient (Wildman–Crippen LogP) is 25.6. The lowest BCUT2D eigenvalue weighted by molar-refractivity contribution is 1.17. The molecule has 0 aliphatic heterocycles. The number of aromatic nitrogens is 6. The third kappa shape index (κ3) is 9.34. The SMILES string of the molecule is C=Cc1ccc(-n2c3ccccc3c3c2ccc2c4ccccc4n(-c4ccccc4)c23)cc1.C=Cc1cccc(-n2c3ccccc3c3c2ccc2c4ccccc4n(-c4ccccc4)c23)c1.C=Cc1cccc(-n2c3ccccc3c3ccc4c(c5ccccc5n4-c4ccccc4)c32)c1. The Morgan fingerprint density at radius 1 is 0.167 bits per heavy atom. The molecular formula is C96H66N6. The average molecular weight is 1300 g/mol. The molecule has 480 valence electrons. The molecule has 0 spiro atoms. The maximum Gasteiger partial charge on any atom is 0.0641 e. The molecule has 6 nitrogen and oxygen atoms in total. The highest BCUT2D eigenvalue weighted by molar-refractivity contribution is 6.29. The van der Waals surface area contributed by atoms with Gasteiger partial charge in [0.05, 0.1) is 66.2 Å². The van der Waals surface area contributed by atoms with Crippen LogP contribution in [0.15, 0.2) is 366 Å². The number of nitrogens with zero attached hydrogens (tertiary/aromatic N) is 6. The van der Waals surface area contributed by atoms with Gasteiger partial charge in [-0.05, 0) is 144 Å². The second-order valence-electron chi connectivity index (χ2n) is 26.1. The topological polar surface area (TPSA) is 29.6 Å². The summed E-state index contributed by atoms with van der Waals surface area (Å²) in [6.45, 7) is 11.9. The molecular weight excluding hydrogens is 1240 g/mol. The minimum Gasteiger partial charge on any atom is -0.309 e. The van der Waals surface area contributed by atoms with Crippen LogP contribution in [0, 0.1) is 0 Å². The third-order valence-electron chi connectivity index (χ3n) is 20.6. The van der Waals surface area contributed by atoms with Gasteiger partial charge in [0.1, 0.15) is 0 Å². The molecule has 21 aromatic rings. The number of rotatable bonds is 9. The summed E-state index contributed by atoms with van der Waals surface area (Å²) in [5, 5.41) is 15.2. The highest BCUT2D eigenvalue weighted by atomic mass is 15.0. The first-order valence-electron chi connectivity index (χ1n) is 34.8. The molecule has 102 heavy (non-hydrogen) atoms. The fourth-order valence-electron chi connectivity index (χ4n) is 16.2. The third-order valence-corrected chi connectivity index (χ3v) is 20.6. The van der Waals surface area contributed by atoms with E-state index in [0.717, 1.165) is 33.8 Å². The maximum absolute atomic E-state index is 3.99. The first kappa shape index (κ1) is 59.6. The van der Waals surface area contributed by atoms with Crippen molar-refractivity contribution in [2.45, 2.75) is 0 Å². The van der Waals surface area contributed by atoms with E-state index in [1.165, 1.54) is 148 Å². The molecule has 15 aromatic carbocycles. The van der Waals surface area contributed by atoms with Crippen LogP contribution in [0.25, 0.3) is 183 Å². The van der Waals surface area contributed by atoms with E-state index in [4.69, 9.17) is 0 Å². The summed E-state index contributed by atoms with van der Waals surface area (Å²) < 4.78 is 14.4. The van der Waals surface area contributed by atoms with E-state index < -0.39 is 0 Å². The minimum absolute atomic E-state index is 1.11. The largest absolute Gasteiger partial charge is 0.309 e. The van der Waals surface area contributed by atoms with E-state index in [9.17, 15) is 0 Å². The highest BCUT2D eigenvalue weighted by Gasteiger charge is 2.25. The summed E-state index contributed by atoms with van der Waals surface area (Å²) in [7, 11) is 0. The van der Waals surface area contributed by atoms with Gasteiger partial charge < -0.3 is 27.4 Å². The smallest absolute Gasteiger partial charge is 0.0641 e. The van der Waals surface area contributed by atoms with Crippen molar-refractivity contribution in [3.05, 3.63) is 382 Å². The summed E-state index contributed by atoms with van der Waals surface area (Å²) in [4.78, 5) is 0. The summed E-state index contributed by atoms with van der Waals surface area (Å²) in [5.74, 6) is 0. The van der Waals surface area contributed by atoms with Crippen LogP contribution in [0.1, 0.15) is 16.7 Å². The van der Waals surface area contributed by atoms with Crippen LogP contribution in [0.5, 0.6) is 0 Å². The van der Waals surface area contributed by atoms with Gasteiger partial charge in [0.2, 0.25) is 0 Å². The van der Waals surface area contributed by atoms with E-state index >= 15 is 0 Å². The van der Waals surface area contributed by atoms with Gasteiger partial charge in [-0.2, -0.15) is 0 Å². The van der Waals surface area contributed by atoms with Crippen LogP contribution in [0.4, 0.5) is 0 Å². The van der Waals surface area contributed by atoms with Crippen LogP contribution >= 0.6 is 0 Å². The lowest BCUT2D eigenvalue weighted by Crippen LogP contribution is -1.95. The standard InChI is InChI=1S/3C32H22N2/c1-2-22-11-10-14-24(21-22)33-29-18-9-7-16-27(29)31-30(33)20-19-26-25-15-6-8-17-28(25)34(32(26)31)23-12-4-3-5-13-23;1-2-22-11-10-14-24(21-22)34-28-17-8-6-15-25(28)26-19-20-30-31(32(26)34)27-16-7-9-18-29(27)33(30)23-12-4-3-5-13-23;1-2-22-16-18-24(19-17-22)33-29-15-9-7-13-27(29)31-30(33)21-20-26-25-12-6-8-14-28(25)34(32(26)31)23-10-4-3-5-11-23/h3*2-21H,1H2. The van der Waals surface area contributed by atoms with Crippen LogP contribution in [0.3, 0.4) is 0 Å². The highest BCUT2D eigenvalue weighted by Crippen LogP contribution is 2.46. The normalized spacial score (nSPS) is 11.6. The second kappa shape index (κ2) is 24.4. The van der Waals surface area contributed by atoms with Crippen molar-refractivity contribution in [2.24, 2.45) is 0 Å². The molecule has 0 aliphatic carbocycles. The van der Waals surface area contributed by atoms with Crippen LogP contribution < -0.4 is 0 Å². The maximum atomic E-state index is 3.99. The van der Waals surface area contributed by atoms with Crippen molar-refractivity contribution in [3.8, 4) is 34.1 Å². The Morgan fingerprint density at radius 3 is 0.765 bits per heavy atom. The molecule has 6 aromatic heterocycles. The van der Waals surface area contributed by atoms with Crippen molar-refractivity contribution in [3.63, 3.8) is 0 Å². The zero-order valence-electron chi connectivity index (χ0n) is 55.9. The van der Waals surface area contributed by atoms with Crippen molar-refractivity contribution >= 4 is 149 Å². The molecule has 0 radical (unpaired) electrons. The van der Waals surface area contributed by atoms with Crippen LogP contribution in [0.2, 0.25) is 0 Å². The van der Waals surface area contributed by atoms with Crippen molar-refractivity contribution in [1.82, 2.24) is 27.4 Å². The predicted molar refractivity (Wildman–Crippen MR) is 436 cm³/mol. The molecule has 0 aliphatic rings. The van der Waals surface area contributed by atoms with Crippen molar-refractivity contribution in [1.29, 1.82) is 0 Å². The molecule has 0 atom stereocenters. The number of benzene rings is 15. The lowest BCUT2D eigenvalue weighted by atomic mass is 10.1. The van der Waals surface area contributed by atoms with E-state index in [2.05, 4.69) is 393 Å². The molecule has 21 rings (SSSR count). The fourth-order valence-corrected chi connectivity index (χ4v) is 16.2. The molecule has 6 heteroatoms. The first-order valence-corrected chi connectivity index (χ1v) is 34.8. The zero-order chi connectivity index (χ0) is 67.9. The van der Waals surface area contributed by atoms with E-state index in [0.29, 0.717) is 0 Å². The van der Waals surface area contributed by atoms with Gasteiger partial charge in [0, 0.05) is 98.8 Å². The Hall–Kier alpha value is -13.7. The van der Waals surface area contributed by atoms with Gasteiger partial charge in [-0.25, -0.2) is 0 Å². The number of hydrogen-bond donors (Lipinski definition) is 0. The summed E-state index contributed by atoms with van der Waals surface area (Å²) >= 11 is 0. The van der Waals surface area contributed by atoms with Gasteiger partial charge in [0.15, 0.2) is 0 Å². The Morgan fingerprint density at radius 2 is 0.422 bits per heavy atom. The molecule has 0 amide bonds. The number of fused-ring (bicyclic) bond motifs is 21. The van der Waals surface area contributed by atoms with E-state index in [1.807, 2.05) is 18.2 Å². The number of para-hydroxylation sites is 9. The molecule has 0 fully saturated rings. The second-order valence-corrected chi connectivity index (χ2v) is 26.1. The minimum atomic E-state index is 1.11. The van der Waals surface area contributed by atoms with Gasteiger partial charge in [-0.1, -0.05) is 256 Å². The Balaban J connectivity index is 0.000000106. The molecule has 0 bridgehead atoms. The van der Waals surface area contributed by atoms with Crippen molar-refractivity contribution in [2.75, 3.05) is 0 Å². The molecule has 0 saturated heterocycles. The monoisotopic (exact) mass is 1300 g/mol. The van der Waals surface area contributed by atoms with Crippen LogP contribution in [-0.2, 0) is 0 Å². The summed E-state index contributed by atoms with van der Waals surface area (Å²) in [6.07, 6.45) is 5.70. The van der Waals surface area contributed by atoms with Gasteiger partial charge in [-0.3, -0.25) is 0 Å². The van der Waals surface area contributed by atoms with Crippen LogP contribution in [-0.4, -0.2) is 27.4 Å². The summed E-state index contributed by atoms with van der Waals surface area (Å²) in [6, 6.07) is 124. The summed E-state index contributed by atoms with van der Waals surface area (Å²) in [5.41, 5.74) is 25.0. The van der Waals surface area contributed by atoms with Gasteiger partial charge >= 0.3 is 0 Å². The number of hydrogen-bond acceptors (Lipinski definition) is 0. The molecule has 6 heterocycles. The molecule has 0 saturated carbocycles. The Labute approximate surface area is 589 Å². The van der Waals surface area contributed by atoms with Crippen molar-refractivity contribution < 1.29 is 0 Å². The first-order chi connectivity index (χ1) is 50.5. The fraction of sp³-hybridized carbons (Fsp3) is 0. The zero-order valence-corrected chi connectivity index (χ0v) is 55.9. The Bertz CT molecular complexity index is 6900. The average Bonchev–Trinajstić information content (AvgIpc) is 1.56. The lowest BCUT2D eigenvalue weighted by Gasteiger charge is -2.10. The van der Waals surface area contributed by atoms with Gasteiger partial charge in [-0.15, -0.1) is 0 Å². The quantitative estimate of drug-likeness (QED) is 0.138. The Kier molecular flexibility index (Phi) is 14.2. The van der Waals surface area contributed by atoms with E-state index in [-0.39, 0.29) is 0 Å². The van der Waals surface area contributed by atoms with Gasteiger partial charge in [0.25, 0.3) is 0 Å². The molecule has 0 N–H and O–H groups in total.